The second kappa shape index (κ2) is 5.11. The van der Waals surface area contributed by atoms with Gasteiger partial charge in [0.15, 0.2) is 0 Å². The lowest BCUT2D eigenvalue weighted by Crippen LogP contribution is -2.28. The third-order valence-electron chi connectivity index (χ3n) is 3.74. The van der Waals surface area contributed by atoms with Crippen molar-refractivity contribution in [2.45, 2.75) is 38.8 Å². The smallest absolute Gasteiger partial charge is 0.128 e. The first-order chi connectivity index (χ1) is 8.81. The minimum atomic E-state index is 0.764. The first-order valence-corrected chi connectivity index (χ1v) is 6.90. The maximum Gasteiger partial charge on any atom is 0.128 e. The third kappa shape index (κ3) is 2.91. The molecule has 0 radical (unpaired) electrons. The molecule has 0 bridgehead atoms. The number of hydrogen-bond donors (Lipinski definition) is 1. The number of pyridine rings is 1. The lowest BCUT2D eigenvalue weighted by atomic mass is 10.1. The van der Waals surface area contributed by atoms with Crippen LogP contribution in [-0.4, -0.2) is 24.1 Å². The quantitative estimate of drug-likeness (QED) is 0.824. The van der Waals surface area contributed by atoms with Gasteiger partial charge in [-0.3, -0.25) is 0 Å². The summed E-state index contributed by atoms with van der Waals surface area (Å²) in [4.78, 5) is 6.92. The second-order valence-electron chi connectivity index (χ2n) is 5.43. The molecule has 0 unspecified atom stereocenters. The average Bonchev–Trinajstić information content (AvgIpc) is 3.22. The lowest BCUT2D eigenvalue weighted by Gasteiger charge is -2.26. The molecule has 18 heavy (non-hydrogen) atoms. The Bertz CT molecular complexity index is 432. The topological polar surface area (TPSA) is 28.2 Å². The van der Waals surface area contributed by atoms with E-state index in [0.29, 0.717) is 0 Å². The monoisotopic (exact) mass is 243 g/mol. The molecular weight excluding hydrogens is 222 g/mol. The van der Waals surface area contributed by atoms with Crippen LogP contribution in [0.5, 0.6) is 0 Å². The van der Waals surface area contributed by atoms with Crippen LogP contribution >= 0.6 is 0 Å². The fraction of sp³-hybridized carbons (Fsp3) is 0.533. The first kappa shape index (κ1) is 11.7. The number of anilines is 1. The molecule has 2 aliphatic rings. The molecule has 3 rings (SSSR count). The van der Waals surface area contributed by atoms with E-state index in [1.54, 1.807) is 0 Å². The molecular formula is C15H21N3. The summed E-state index contributed by atoms with van der Waals surface area (Å²) in [5.41, 5.74) is 2.78. The SMILES string of the molecule is CC1=CCN(c2ccc(CNC3CC3)cn2)CC1. The number of nitrogens with one attached hydrogen (secondary N) is 1. The third-order valence-corrected chi connectivity index (χ3v) is 3.74. The van der Waals surface area contributed by atoms with Crippen molar-refractivity contribution in [2.75, 3.05) is 18.0 Å². The molecule has 96 valence electrons. The fourth-order valence-electron chi connectivity index (χ4n) is 2.24. The van der Waals surface area contributed by atoms with Crippen LogP contribution in [0.15, 0.2) is 30.0 Å². The van der Waals surface area contributed by atoms with Crippen molar-refractivity contribution in [3.8, 4) is 0 Å². The summed E-state index contributed by atoms with van der Waals surface area (Å²) in [7, 11) is 0. The zero-order valence-electron chi connectivity index (χ0n) is 11.0. The van der Waals surface area contributed by atoms with E-state index in [0.717, 1.165) is 37.9 Å². The molecule has 1 saturated carbocycles. The van der Waals surface area contributed by atoms with E-state index in [4.69, 9.17) is 0 Å². The first-order valence-electron chi connectivity index (χ1n) is 6.90. The van der Waals surface area contributed by atoms with Gasteiger partial charge in [-0.2, -0.15) is 0 Å². The molecule has 2 heterocycles. The Morgan fingerprint density at radius 2 is 2.28 bits per heavy atom. The summed E-state index contributed by atoms with van der Waals surface area (Å²) in [5, 5.41) is 3.51. The molecule has 0 atom stereocenters. The van der Waals surface area contributed by atoms with Gasteiger partial charge >= 0.3 is 0 Å². The summed E-state index contributed by atoms with van der Waals surface area (Å²) >= 11 is 0. The van der Waals surface area contributed by atoms with Gasteiger partial charge in [0.25, 0.3) is 0 Å². The van der Waals surface area contributed by atoms with E-state index in [1.807, 2.05) is 6.20 Å². The Morgan fingerprint density at radius 3 is 2.89 bits per heavy atom. The van der Waals surface area contributed by atoms with Gasteiger partial charge in [-0.15, -0.1) is 0 Å². The van der Waals surface area contributed by atoms with Crippen LogP contribution in [0.4, 0.5) is 5.82 Å². The second-order valence-corrected chi connectivity index (χ2v) is 5.43. The number of rotatable bonds is 4. The zero-order chi connectivity index (χ0) is 12.4. The summed E-state index contributed by atoms with van der Waals surface area (Å²) in [5.74, 6) is 1.11. The van der Waals surface area contributed by atoms with Gasteiger partial charge in [0, 0.05) is 31.9 Å². The van der Waals surface area contributed by atoms with Crippen LogP contribution in [0.3, 0.4) is 0 Å². The zero-order valence-corrected chi connectivity index (χ0v) is 11.0. The number of nitrogens with zero attached hydrogens (tertiary/aromatic N) is 2. The van der Waals surface area contributed by atoms with E-state index in [-0.39, 0.29) is 0 Å². The highest BCUT2D eigenvalue weighted by atomic mass is 15.2. The molecule has 1 aromatic rings. The number of aromatic nitrogens is 1. The highest BCUT2D eigenvalue weighted by Gasteiger charge is 2.20. The Balaban J connectivity index is 1.59. The van der Waals surface area contributed by atoms with Crippen molar-refractivity contribution >= 4 is 5.82 Å². The molecule has 1 aromatic heterocycles. The maximum atomic E-state index is 4.58. The molecule has 1 N–H and O–H groups in total. The largest absolute Gasteiger partial charge is 0.353 e. The van der Waals surface area contributed by atoms with Gasteiger partial charge in [-0.25, -0.2) is 4.98 Å². The minimum Gasteiger partial charge on any atom is -0.353 e. The summed E-state index contributed by atoms with van der Waals surface area (Å²) in [6.07, 6.45) is 8.15. The lowest BCUT2D eigenvalue weighted by molar-refractivity contribution is 0.685. The molecule has 0 spiro atoms. The highest BCUT2D eigenvalue weighted by molar-refractivity contribution is 5.41. The molecule has 1 fully saturated rings. The van der Waals surface area contributed by atoms with Gasteiger partial charge in [-0.05, 0) is 37.8 Å². The van der Waals surface area contributed by atoms with Crippen LogP contribution < -0.4 is 10.2 Å². The Hall–Kier alpha value is -1.35. The Kier molecular flexibility index (Phi) is 3.33. The molecule has 1 aliphatic carbocycles. The fourth-order valence-corrected chi connectivity index (χ4v) is 2.24. The molecule has 0 saturated heterocycles. The van der Waals surface area contributed by atoms with Gasteiger partial charge in [-0.1, -0.05) is 17.7 Å². The summed E-state index contributed by atoms with van der Waals surface area (Å²) in [6, 6.07) is 5.11. The van der Waals surface area contributed by atoms with Crippen molar-refractivity contribution in [1.29, 1.82) is 0 Å². The summed E-state index contributed by atoms with van der Waals surface area (Å²) < 4.78 is 0. The Labute approximate surface area is 109 Å². The molecule has 0 amide bonds. The predicted octanol–water partition coefficient (Wildman–Crippen LogP) is 2.49. The normalized spacial score (nSPS) is 19.8. The Morgan fingerprint density at radius 1 is 1.39 bits per heavy atom. The van der Waals surface area contributed by atoms with E-state index >= 15 is 0 Å². The highest BCUT2D eigenvalue weighted by Crippen LogP contribution is 2.20. The van der Waals surface area contributed by atoms with E-state index in [9.17, 15) is 0 Å². The van der Waals surface area contributed by atoms with Gasteiger partial charge < -0.3 is 10.2 Å². The predicted molar refractivity (Wildman–Crippen MR) is 74.7 cm³/mol. The molecule has 3 heteroatoms. The van der Waals surface area contributed by atoms with Crippen molar-refractivity contribution < 1.29 is 0 Å². The van der Waals surface area contributed by atoms with Crippen molar-refractivity contribution in [2.24, 2.45) is 0 Å². The van der Waals surface area contributed by atoms with E-state index in [2.05, 4.69) is 40.3 Å². The van der Waals surface area contributed by atoms with Gasteiger partial charge in [0.1, 0.15) is 5.82 Å². The summed E-state index contributed by atoms with van der Waals surface area (Å²) in [6.45, 7) is 5.25. The van der Waals surface area contributed by atoms with Gasteiger partial charge in [0.05, 0.1) is 0 Å². The number of hydrogen-bond acceptors (Lipinski definition) is 3. The van der Waals surface area contributed by atoms with Crippen molar-refractivity contribution in [3.63, 3.8) is 0 Å². The minimum absolute atomic E-state index is 0.764. The maximum absolute atomic E-state index is 4.58. The van der Waals surface area contributed by atoms with Crippen LogP contribution in [0.1, 0.15) is 31.7 Å². The van der Waals surface area contributed by atoms with Crippen LogP contribution in [0, 0.1) is 0 Å². The van der Waals surface area contributed by atoms with Crippen LogP contribution in [0.2, 0.25) is 0 Å². The average molecular weight is 243 g/mol. The van der Waals surface area contributed by atoms with Crippen LogP contribution in [-0.2, 0) is 6.54 Å². The van der Waals surface area contributed by atoms with Crippen molar-refractivity contribution in [1.82, 2.24) is 10.3 Å². The van der Waals surface area contributed by atoms with Crippen molar-refractivity contribution in [3.05, 3.63) is 35.5 Å². The standard InChI is InChI=1S/C15H21N3/c1-12-6-8-18(9-7-12)15-5-2-13(11-17-15)10-16-14-3-4-14/h2,5-6,11,14,16H,3-4,7-10H2,1H3. The molecule has 3 nitrogen and oxygen atoms in total. The molecule has 0 aromatic carbocycles. The van der Waals surface area contributed by atoms with E-state index < -0.39 is 0 Å². The van der Waals surface area contributed by atoms with Crippen LogP contribution in [0.25, 0.3) is 0 Å². The molecule has 1 aliphatic heterocycles. The van der Waals surface area contributed by atoms with E-state index in [1.165, 1.54) is 24.0 Å². The van der Waals surface area contributed by atoms with Gasteiger partial charge in [0.2, 0.25) is 0 Å².